The number of carbonyl (C=O) groups excluding carboxylic acids is 2. The Morgan fingerprint density at radius 2 is 2.33 bits per heavy atom. The summed E-state index contributed by atoms with van der Waals surface area (Å²) in [5, 5.41) is 0.817. The van der Waals surface area contributed by atoms with E-state index in [-0.39, 0.29) is 23.7 Å². The van der Waals surface area contributed by atoms with Gasteiger partial charge in [-0.2, -0.15) is 0 Å². The Morgan fingerprint density at radius 1 is 1.52 bits per heavy atom. The number of ether oxygens (including phenoxy) is 1. The monoisotopic (exact) mass is 355 g/mol. The smallest absolute Gasteiger partial charge is 0.305 e. The molecule has 21 heavy (non-hydrogen) atoms. The van der Waals surface area contributed by atoms with Crippen LogP contribution in [-0.2, 0) is 14.3 Å². The van der Waals surface area contributed by atoms with Gasteiger partial charge >= 0.3 is 5.97 Å². The van der Waals surface area contributed by atoms with Gasteiger partial charge in [-0.1, -0.05) is 35.0 Å². The number of amides is 1. The molecule has 2 unspecified atom stereocenters. The van der Waals surface area contributed by atoms with Crippen molar-refractivity contribution in [1.82, 2.24) is 4.90 Å². The van der Waals surface area contributed by atoms with Crippen molar-refractivity contribution in [3.8, 4) is 0 Å². The van der Waals surface area contributed by atoms with E-state index in [4.69, 9.17) is 4.74 Å². The Bertz CT molecular complexity index is 458. The lowest BCUT2D eigenvalue weighted by molar-refractivity contribution is -0.144. The minimum atomic E-state index is -0.139. The average Bonchev–Trinajstić information content (AvgIpc) is 2.90. The van der Waals surface area contributed by atoms with E-state index in [1.807, 2.05) is 11.0 Å². The molecule has 0 saturated carbocycles. The van der Waals surface area contributed by atoms with Crippen LogP contribution in [0.3, 0.4) is 0 Å². The highest BCUT2D eigenvalue weighted by molar-refractivity contribution is 9.09. The van der Waals surface area contributed by atoms with Gasteiger partial charge in [-0.3, -0.25) is 9.59 Å². The van der Waals surface area contributed by atoms with Crippen molar-refractivity contribution in [3.05, 3.63) is 23.9 Å². The zero-order valence-electron chi connectivity index (χ0n) is 12.4. The van der Waals surface area contributed by atoms with Crippen molar-refractivity contribution < 1.29 is 14.3 Å². The van der Waals surface area contributed by atoms with Gasteiger partial charge in [-0.05, 0) is 24.8 Å². The fraction of sp³-hybridized carbons (Fsp3) is 0.625. The molecule has 0 aromatic heterocycles. The van der Waals surface area contributed by atoms with Gasteiger partial charge in [0.05, 0.1) is 6.61 Å². The van der Waals surface area contributed by atoms with E-state index in [2.05, 4.69) is 35.0 Å². The number of halogens is 1. The molecule has 116 valence electrons. The molecule has 2 rings (SSSR count). The van der Waals surface area contributed by atoms with Crippen molar-refractivity contribution in [2.75, 3.05) is 18.5 Å². The van der Waals surface area contributed by atoms with Crippen LogP contribution < -0.4 is 0 Å². The highest BCUT2D eigenvalue weighted by atomic mass is 79.9. The third-order valence-corrected chi connectivity index (χ3v) is 4.52. The van der Waals surface area contributed by atoms with E-state index in [0.717, 1.165) is 30.4 Å². The first-order valence-corrected chi connectivity index (χ1v) is 8.66. The second-order valence-electron chi connectivity index (χ2n) is 5.60. The first-order chi connectivity index (χ1) is 10.1. The van der Waals surface area contributed by atoms with Gasteiger partial charge in [0.1, 0.15) is 0 Å². The molecule has 1 aliphatic carbocycles. The molecular weight excluding hydrogens is 334 g/mol. The number of allylic oxidation sites excluding steroid dienone is 2. The van der Waals surface area contributed by atoms with Crippen LogP contribution in [0.1, 0.15) is 32.6 Å². The summed E-state index contributed by atoms with van der Waals surface area (Å²) in [6, 6.07) is 0. The topological polar surface area (TPSA) is 46.6 Å². The normalized spacial score (nSPS) is 25.1. The Hall–Kier alpha value is -1.10. The molecular formula is C16H22BrNO3. The number of likely N-dealkylation sites (tertiary alicyclic amines) is 1. The Labute approximate surface area is 134 Å². The molecule has 1 heterocycles. The number of nitrogens with zero attached hydrogens (tertiary/aromatic N) is 1. The molecule has 2 atom stereocenters. The molecule has 1 saturated heterocycles. The molecule has 0 N–H and O–H groups in total. The summed E-state index contributed by atoms with van der Waals surface area (Å²) >= 11 is 3.30. The molecule has 2 aliphatic rings. The molecule has 4 nitrogen and oxygen atoms in total. The highest BCUT2D eigenvalue weighted by Gasteiger charge is 2.26. The number of alkyl halides is 1. The molecule has 0 radical (unpaired) electrons. The van der Waals surface area contributed by atoms with Crippen molar-refractivity contribution in [2.45, 2.75) is 32.6 Å². The summed E-state index contributed by atoms with van der Waals surface area (Å²) in [7, 11) is 0. The number of hydrogen-bond acceptors (Lipinski definition) is 3. The number of carbonyl (C=O) groups is 2. The van der Waals surface area contributed by atoms with E-state index in [0.29, 0.717) is 19.4 Å². The van der Waals surface area contributed by atoms with Gasteiger partial charge in [-0.25, -0.2) is 0 Å². The first kappa shape index (κ1) is 16.3. The lowest BCUT2D eigenvalue weighted by atomic mass is 9.89. The Balaban J connectivity index is 1.84. The van der Waals surface area contributed by atoms with Crippen LogP contribution in [-0.4, -0.2) is 35.3 Å². The minimum absolute atomic E-state index is 0.139. The van der Waals surface area contributed by atoms with Crippen LogP contribution >= 0.6 is 15.9 Å². The first-order valence-electron chi connectivity index (χ1n) is 7.54. The van der Waals surface area contributed by atoms with E-state index < -0.39 is 0 Å². The highest BCUT2D eigenvalue weighted by Crippen LogP contribution is 2.27. The summed E-state index contributed by atoms with van der Waals surface area (Å²) in [4.78, 5) is 25.1. The number of hydrogen-bond donors (Lipinski definition) is 0. The second kappa shape index (κ2) is 7.78. The van der Waals surface area contributed by atoms with Crippen LogP contribution in [0.2, 0.25) is 0 Å². The lowest BCUT2D eigenvalue weighted by Gasteiger charge is -2.26. The SMILES string of the molecule is CC1C=C(N2CCCC2=O)C=CC1COC(=O)CCCBr. The van der Waals surface area contributed by atoms with Crippen molar-refractivity contribution in [2.24, 2.45) is 11.8 Å². The number of esters is 1. The summed E-state index contributed by atoms with van der Waals surface area (Å²) < 4.78 is 5.32. The van der Waals surface area contributed by atoms with Gasteiger partial charge < -0.3 is 9.64 Å². The third-order valence-electron chi connectivity index (χ3n) is 3.96. The Kier molecular flexibility index (Phi) is 6.03. The van der Waals surface area contributed by atoms with Crippen LogP contribution in [0.5, 0.6) is 0 Å². The van der Waals surface area contributed by atoms with Crippen LogP contribution in [0.25, 0.3) is 0 Å². The van der Waals surface area contributed by atoms with Crippen molar-refractivity contribution in [1.29, 1.82) is 0 Å². The number of rotatable bonds is 6. The average molecular weight is 356 g/mol. The van der Waals surface area contributed by atoms with Gasteiger partial charge in [0, 0.05) is 36.3 Å². The summed E-state index contributed by atoms with van der Waals surface area (Å²) in [6.07, 6.45) is 9.00. The second-order valence-corrected chi connectivity index (χ2v) is 6.39. The summed E-state index contributed by atoms with van der Waals surface area (Å²) in [5.74, 6) is 0.527. The minimum Gasteiger partial charge on any atom is -0.465 e. The molecule has 0 aromatic rings. The molecule has 0 bridgehead atoms. The maximum Gasteiger partial charge on any atom is 0.305 e. The van der Waals surface area contributed by atoms with E-state index >= 15 is 0 Å². The molecule has 1 aliphatic heterocycles. The van der Waals surface area contributed by atoms with Gasteiger partial charge in [-0.15, -0.1) is 0 Å². The van der Waals surface area contributed by atoms with E-state index in [9.17, 15) is 9.59 Å². The standard InChI is InChI=1S/C16H22BrNO3/c1-12-10-14(18-9-3-4-15(18)19)7-6-13(12)11-21-16(20)5-2-8-17/h6-7,10,12-13H,2-5,8-9,11H2,1H3. The zero-order valence-corrected chi connectivity index (χ0v) is 14.0. The maximum absolute atomic E-state index is 11.8. The van der Waals surface area contributed by atoms with Crippen LogP contribution in [0.15, 0.2) is 23.9 Å². The van der Waals surface area contributed by atoms with E-state index in [1.54, 1.807) is 0 Å². The van der Waals surface area contributed by atoms with Gasteiger partial charge in [0.15, 0.2) is 0 Å². The fourth-order valence-electron chi connectivity index (χ4n) is 2.63. The maximum atomic E-state index is 11.8. The fourth-order valence-corrected chi connectivity index (χ4v) is 2.91. The molecule has 5 heteroatoms. The predicted molar refractivity (Wildman–Crippen MR) is 84.8 cm³/mol. The van der Waals surface area contributed by atoms with Crippen molar-refractivity contribution in [3.63, 3.8) is 0 Å². The predicted octanol–water partition coefficient (Wildman–Crippen LogP) is 3.03. The summed E-state index contributed by atoms with van der Waals surface area (Å²) in [6.45, 7) is 3.32. The largest absolute Gasteiger partial charge is 0.465 e. The zero-order chi connectivity index (χ0) is 15.2. The molecule has 0 spiro atoms. The lowest BCUT2D eigenvalue weighted by Crippen LogP contribution is -2.27. The Morgan fingerprint density at radius 3 is 2.95 bits per heavy atom. The van der Waals surface area contributed by atoms with Crippen LogP contribution in [0.4, 0.5) is 0 Å². The third kappa shape index (κ3) is 4.43. The van der Waals surface area contributed by atoms with Gasteiger partial charge in [0.25, 0.3) is 0 Å². The van der Waals surface area contributed by atoms with Crippen molar-refractivity contribution >= 4 is 27.8 Å². The molecule has 1 fully saturated rings. The van der Waals surface area contributed by atoms with Gasteiger partial charge in [0.2, 0.25) is 5.91 Å². The quantitative estimate of drug-likeness (QED) is 0.543. The van der Waals surface area contributed by atoms with Crippen LogP contribution in [0, 0.1) is 11.8 Å². The van der Waals surface area contributed by atoms with E-state index in [1.165, 1.54) is 0 Å². The molecule has 0 aromatic carbocycles. The summed E-state index contributed by atoms with van der Waals surface area (Å²) in [5.41, 5.74) is 0.992. The molecule has 1 amide bonds.